The summed E-state index contributed by atoms with van der Waals surface area (Å²) < 4.78 is 10.9. The second kappa shape index (κ2) is 9.41. The van der Waals surface area contributed by atoms with Gasteiger partial charge >= 0.3 is 6.03 Å². The number of carbonyl (C=O) groups excluding carboxylic acids is 1. The number of pyridine rings is 1. The summed E-state index contributed by atoms with van der Waals surface area (Å²) in [5.41, 5.74) is 4.37. The molecular weight excluding hydrogens is 430 g/mol. The number of nitrogens with one attached hydrogen (secondary N) is 2. The van der Waals surface area contributed by atoms with E-state index in [1.807, 2.05) is 44.2 Å². The highest BCUT2D eigenvalue weighted by atomic mass is 16.7. The maximum Gasteiger partial charge on any atom is 0.318 e. The zero-order valence-corrected chi connectivity index (χ0v) is 19.8. The van der Waals surface area contributed by atoms with Gasteiger partial charge in [-0.1, -0.05) is 37.5 Å². The number of hydrogen-bond acceptors (Lipinski definition) is 4. The molecular formula is C27H31N3O4. The molecule has 0 spiro atoms. The van der Waals surface area contributed by atoms with Crippen molar-refractivity contribution in [3.8, 4) is 11.5 Å². The van der Waals surface area contributed by atoms with Gasteiger partial charge in [0.2, 0.25) is 6.79 Å². The van der Waals surface area contributed by atoms with Gasteiger partial charge in [0.05, 0.1) is 12.1 Å². The Morgan fingerprint density at radius 3 is 2.65 bits per heavy atom. The Hall–Kier alpha value is -3.48. The van der Waals surface area contributed by atoms with Crippen LogP contribution in [0, 0.1) is 13.8 Å². The zero-order valence-electron chi connectivity index (χ0n) is 19.8. The Labute approximate surface area is 199 Å². The largest absolute Gasteiger partial charge is 0.454 e. The molecule has 0 bridgehead atoms. The van der Waals surface area contributed by atoms with Crippen molar-refractivity contribution < 1.29 is 14.3 Å². The fourth-order valence-electron chi connectivity index (χ4n) is 4.87. The molecule has 0 unspecified atom stereocenters. The molecule has 0 atom stereocenters. The van der Waals surface area contributed by atoms with Gasteiger partial charge in [0, 0.05) is 18.2 Å². The number of H-pyrrole nitrogens is 1. The molecule has 1 aliphatic heterocycles. The molecule has 7 nitrogen and oxygen atoms in total. The maximum absolute atomic E-state index is 13.4. The average molecular weight is 462 g/mol. The predicted octanol–water partition coefficient (Wildman–Crippen LogP) is 4.92. The number of rotatable bonds is 5. The van der Waals surface area contributed by atoms with Crippen LogP contribution in [0.2, 0.25) is 0 Å². The quantitative estimate of drug-likeness (QED) is 0.565. The number of ether oxygens (including phenoxy) is 2. The lowest BCUT2D eigenvalue weighted by molar-refractivity contribution is 0.173. The molecule has 2 N–H and O–H groups in total. The summed E-state index contributed by atoms with van der Waals surface area (Å²) in [6.07, 6.45) is 5.49. The highest BCUT2D eigenvalue weighted by Gasteiger charge is 2.23. The molecule has 3 aromatic rings. The third-order valence-electron chi connectivity index (χ3n) is 7.02. The van der Waals surface area contributed by atoms with Crippen molar-refractivity contribution in [2.75, 3.05) is 6.79 Å². The molecule has 1 saturated carbocycles. The fourth-order valence-corrected chi connectivity index (χ4v) is 4.87. The normalized spacial score (nSPS) is 15.5. The van der Waals surface area contributed by atoms with Crippen LogP contribution >= 0.6 is 0 Å². The molecule has 34 heavy (non-hydrogen) atoms. The van der Waals surface area contributed by atoms with Gasteiger partial charge in [0.15, 0.2) is 11.5 Å². The minimum absolute atomic E-state index is 0.149. The first-order chi connectivity index (χ1) is 16.5. The summed E-state index contributed by atoms with van der Waals surface area (Å²) in [5, 5.41) is 4.17. The minimum Gasteiger partial charge on any atom is -0.454 e. The van der Waals surface area contributed by atoms with Crippen LogP contribution in [0.3, 0.4) is 0 Å². The van der Waals surface area contributed by atoms with Crippen molar-refractivity contribution in [2.45, 2.75) is 65.1 Å². The summed E-state index contributed by atoms with van der Waals surface area (Å²) in [6, 6.07) is 11.7. The van der Waals surface area contributed by atoms with Crippen LogP contribution in [0.4, 0.5) is 4.79 Å². The van der Waals surface area contributed by atoms with Gasteiger partial charge in [0.1, 0.15) is 0 Å². The molecule has 2 aromatic carbocycles. The van der Waals surface area contributed by atoms with Crippen molar-refractivity contribution in [3.63, 3.8) is 0 Å². The van der Waals surface area contributed by atoms with Gasteiger partial charge in [-0.05, 0) is 67.0 Å². The number of urea groups is 1. The topological polar surface area (TPSA) is 83.7 Å². The van der Waals surface area contributed by atoms with E-state index in [1.165, 1.54) is 6.42 Å². The first kappa shape index (κ1) is 22.3. The van der Waals surface area contributed by atoms with Gasteiger partial charge in [-0.3, -0.25) is 4.79 Å². The number of aryl methyl sites for hydroxylation is 2. The monoisotopic (exact) mass is 461 g/mol. The summed E-state index contributed by atoms with van der Waals surface area (Å²) in [5.74, 6) is 1.39. The molecule has 0 saturated heterocycles. The number of fused-ring (bicyclic) bond motifs is 2. The molecule has 1 aliphatic carbocycles. The molecule has 1 aromatic heterocycles. The standard InChI is InChI=1S/C27H31N3O4/c1-17-8-10-20-13-21(26(31)29-25(20)18(17)2)15-30(27(32)28-22-6-4-3-5-7-22)14-19-9-11-23-24(12-19)34-16-33-23/h8-13,22H,3-7,14-16H2,1-2H3,(H,28,32)(H,29,31). The van der Waals surface area contributed by atoms with Crippen LogP contribution in [0.5, 0.6) is 11.5 Å². The molecule has 1 fully saturated rings. The third-order valence-corrected chi connectivity index (χ3v) is 7.02. The van der Waals surface area contributed by atoms with E-state index in [0.29, 0.717) is 23.6 Å². The van der Waals surface area contributed by atoms with Gasteiger partial charge in [-0.15, -0.1) is 0 Å². The third kappa shape index (κ3) is 4.60. The van der Waals surface area contributed by atoms with Crippen LogP contribution in [0.25, 0.3) is 10.9 Å². The van der Waals surface area contributed by atoms with Crippen LogP contribution in [0.15, 0.2) is 41.2 Å². The van der Waals surface area contributed by atoms with Gasteiger partial charge in [-0.25, -0.2) is 4.79 Å². The molecule has 178 valence electrons. The van der Waals surface area contributed by atoms with E-state index in [4.69, 9.17) is 9.47 Å². The van der Waals surface area contributed by atoms with E-state index in [1.54, 1.807) is 4.90 Å². The predicted molar refractivity (Wildman–Crippen MR) is 131 cm³/mol. The SMILES string of the molecule is Cc1ccc2cc(CN(Cc3ccc4c(c3)OCO4)C(=O)NC3CCCCC3)c(=O)[nH]c2c1C. The van der Waals surface area contributed by atoms with Crippen LogP contribution in [-0.4, -0.2) is 28.7 Å². The molecule has 7 heteroatoms. The number of hydrogen-bond donors (Lipinski definition) is 2. The Kier molecular flexibility index (Phi) is 6.18. The summed E-state index contributed by atoms with van der Waals surface area (Å²) in [6.45, 7) is 4.82. The van der Waals surface area contributed by atoms with Gasteiger partial charge in [-0.2, -0.15) is 0 Å². The van der Waals surface area contributed by atoms with E-state index >= 15 is 0 Å². The van der Waals surface area contributed by atoms with Crippen molar-refractivity contribution in [3.05, 3.63) is 69.0 Å². The molecule has 2 amide bonds. The number of amides is 2. The highest BCUT2D eigenvalue weighted by molar-refractivity contribution is 5.83. The molecule has 5 rings (SSSR count). The number of carbonyl (C=O) groups is 1. The average Bonchev–Trinajstić information content (AvgIpc) is 3.31. The first-order valence-corrected chi connectivity index (χ1v) is 12.0. The molecule has 0 radical (unpaired) electrons. The fraction of sp³-hybridized carbons (Fsp3) is 0.407. The lowest BCUT2D eigenvalue weighted by atomic mass is 9.96. The van der Waals surface area contributed by atoms with Gasteiger partial charge in [0.25, 0.3) is 5.56 Å². The van der Waals surface area contributed by atoms with Gasteiger partial charge < -0.3 is 24.7 Å². The van der Waals surface area contributed by atoms with Crippen molar-refractivity contribution in [1.29, 1.82) is 0 Å². The number of aromatic amines is 1. The van der Waals surface area contributed by atoms with Crippen molar-refractivity contribution >= 4 is 16.9 Å². The smallest absolute Gasteiger partial charge is 0.318 e. The summed E-state index contributed by atoms with van der Waals surface area (Å²) >= 11 is 0. The number of nitrogens with zero attached hydrogens (tertiary/aromatic N) is 1. The Morgan fingerprint density at radius 2 is 1.82 bits per heavy atom. The van der Waals surface area contributed by atoms with E-state index in [2.05, 4.69) is 16.4 Å². The Balaban J connectivity index is 1.43. The lowest BCUT2D eigenvalue weighted by Crippen LogP contribution is -2.45. The van der Waals surface area contributed by atoms with Crippen molar-refractivity contribution in [2.24, 2.45) is 0 Å². The van der Waals surface area contributed by atoms with Crippen LogP contribution in [-0.2, 0) is 13.1 Å². The van der Waals surface area contributed by atoms with E-state index < -0.39 is 0 Å². The van der Waals surface area contributed by atoms with E-state index in [9.17, 15) is 9.59 Å². The maximum atomic E-state index is 13.4. The summed E-state index contributed by atoms with van der Waals surface area (Å²) in [4.78, 5) is 31.1. The highest BCUT2D eigenvalue weighted by Crippen LogP contribution is 2.33. The minimum atomic E-state index is -0.164. The van der Waals surface area contributed by atoms with E-state index in [-0.39, 0.29) is 31.0 Å². The molecule has 2 aliphatic rings. The van der Waals surface area contributed by atoms with Crippen molar-refractivity contribution in [1.82, 2.24) is 15.2 Å². The second-order valence-electron chi connectivity index (χ2n) is 9.42. The van der Waals surface area contributed by atoms with E-state index in [0.717, 1.165) is 53.3 Å². The number of aromatic nitrogens is 1. The Bertz CT molecular complexity index is 1280. The number of benzene rings is 2. The molecule has 2 heterocycles. The lowest BCUT2D eigenvalue weighted by Gasteiger charge is -2.28. The van der Waals surface area contributed by atoms with Crippen LogP contribution < -0.4 is 20.3 Å². The Morgan fingerprint density at radius 1 is 1.03 bits per heavy atom. The zero-order chi connectivity index (χ0) is 23.7. The first-order valence-electron chi connectivity index (χ1n) is 12.0. The summed E-state index contributed by atoms with van der Waals surface area (Å²) in [7, 11) is 0. The van der Waals surface area contributed by atoms with Crippen LogP contribution in [0.1, 0.15) is 54.4 Å². The second-order valence-corrected chi connectivity index (χ2v) is 9.42.